The third-order valence-electron chi connectivity index (χ3n) is 4.75. The predicted octanol–water partition coefficient (Wildman–Crippen LogP) is 1.34. The van der Waals surface area contributed by atoms with E-state index >= 15 is 0 Å². The largest absolute Gasteiger partial charge is 0.376 e. The molecule has 3 heterocycles. The van der Waals surface area contributed by atoms with E-state index in [9.17, 15) is 9.59 Å². The maximum absolute atomic E-state index is 12.7. The minimum absolute atomic E-state index is 0.0280. The highest BCUT2D eigenvalue weighted by Gasteiger charge is 2.23. The van der Waals surface area contributed by atoms with Gasteiger partial charge in [0.15, 0.2) is 11.2 Å². The Kier molecular flexibility index (Phi) is 4.49. The van der Waals surface area contributed by atoms with Gasteiger partial charge in [-0.3, -0.25) is 9.59 Å². The molecule has 1 aliphatic rings. The third kappa shape index (κ3) is 3.23. The Bertz CT molecular complexity index is 1050. The van der Waals surface area contributed by atoms with Crippen molar-refractivity contribution in [3.8, 4) is 5.69 Å². The molecule has 0 saturated carbocycles. The number of aromatic nitrogens is 4. The van der Waals surface area contributed by atoms with Crippen LogP contribution in [-0.2, 0) is 11.8 Å². The Morgan fingerprint density at radius 3 is 2.81 bits per heavy atom. The first kappa shape index (κ1) is 17.4. The summed E-state index contributed by atoms with van der Waals surface area (Å²) >= 11 is 0. The fraction of sp³-hybridized carbons (Fsp3) is 0.368. The average molecular weight is 367 g/mol. The molecular weight excluding hydrogens is 346 g/mol. The predicted molar refractivity (Wildman–Crippen MR) is 100 cm³/mol. The van der Waals surface area contributed by atoms with Crippen molar-refractivity contribution in [2.75, 3.05) is 13.2 Å². The lowest BCUT2D eigenvalue weighted by Gasteiger charge is -2.09. The van der Waals surface area contributed by atoms with Crippen LogP contribution in [0, 0.1) is 6.92 Å². The SMILES string of the molecule is Cc1ccc(-n2nc(C(=O)NC[C@H]3CCCO3)c3ncn(C)c(=O)c32)cc1. The zero-order valence-corrected chi connectivity index (χ0v) is 15.3. The lowest BCUT2D eigenvalue weighted by molar-refractivity contribution is 0.0854. The van der Waals surface area contributed by atoms with Crippen LogP contribution in [0.4, 0.5) is 0 Å². The zero-order valence-electron chi connectivity index (χ0n) is 15.3. The highest BCUT2D eigenvalue weighted by molar-refractivity contribution is 6.03. The van der Waals surface area contributed by atoms with Crippen molar-refractivity contribution < 1.29 is 9.53 Å². The summed E-state index contributed by atoms with van der Waals surface area (Å²) in [5, 5.41) is 7.28. The maximum Gasteiger partial charge on any atom is 0.279 e. The van der Waals surface area contributed by atoms with E-state index in [1.165, 1.54) is 15.6 Å². The average Bonchev–Trinajstić information content (AvgIpc) is 3.31. The Balaban J connectivity index is 1.77. The van der Waals surface area contributed by atoms with E-state index in [2.05, 4.69) is 15.4 Å². The molecule has 1 amide bonds. The number of ether oxygens (including phenoxy) is 1. The number of benzene rings is 1. The molecule has 4 rings (SSSR count). The molecule has 3 aromatic rings. The molecule has 0 radical (unpaired) electrons. The quantitative estimate of drug-likeness (QED) is 0.751. The molecule has 2 aromatic heterocycles. The lowest BCUT2D eigenvalue weighted by atomic mass is 10.2. The number of amides is 1. The molecule has 1 aromatic carbocycles. The second kappa shape index (κ2) is 6.96. The van der Waals surface area contributed by atoms with Crippen molar-refractivity contribution >= 4 is 16.9 Å². The molecule has 27 heavy (non-hydrogen) atoms. The van der Waals surface area contributed by atoms with Gasteiger partial charge in [0, 0.05) is 20.2 Å². The van der Waals surface area contributed by atoms with Crippen LogP contribution in [0.2, 0.25) is 0 Å². The van der Waals surface area contributed by atoms with Crippen molar-refractivity contribution in [3.05, 3.63) is 52.2 Å². The molecule has 8 nitrogen and oxygen atoms in total. The molecule has 1 atom stereocenters. The summed E-state index contributed by atoms with van der Waals surface area (Å²) in [6, 6.07) is 7.59. The summed E-state index contributed by atoms with van der Waals surface area (Å²) in [6.07, 6.45) is 3.36. The summed E-state index contributed by atoms with van der Waals surface area (Å²) in [4.78, 5) is 29.7. The van der Waals surface area contributed by atoms with Crippen molar-refractivity contribution in [1.82, 2.24) is 24.6 Å². The van der Waals surface area contributed by atoms with Gasteiger partial charge in [-0.05, 0) is 31.9 Å². The highest BCUT2D eigenvalue weighted by atomic mass is 16.5. The zero-order chi connectivity index (χ0) is 19.0. The van der Waals surface area contributed by atoms with E-state index in [0.717, 1.165) is 25.0 Å². The van der Waals surface area contributed by atoms with Crippen LogP contribution in [0.25, 0.3) is 16.7 Å². The first-order valence-electron chi connectivity index (χ1n) is 8.96. The Hall–Kier alpha value is -3.00. The number of nitrogens with zero attached hydrogens (tertiary/aromatic N) is 4. The Morgan fingerprint density at radius 1 is 1.33 bits per heavy atom. The van der Waals surface area contributed by atoms with Crippen molar-refractivity contribution in [3.63, 3.8) is 0 Å². The first-order valence-corrected chi connectivity index (χ1v) is 8.96. The van der Waals surface area contributed by atoms with Crippen LogP contribution in [-0.4, -0.2) is 44.5 Å². The van der Waals surface area contributed by atoms with E-state index in [0.29, 0.717) is 17.7 Å². The Morgan fingerprint density at radius 2 is 2.11 bits per heavy atom. The molecule has 1 saturated heterocycles. The number of rotatable bonds is 4. The van der Waals surface area contributed by atoms with Gasteiger partial charge in [0.2, 0.25) is 0 Å². The normalized spacial score (nSPS) is 16.7. The minimum Gasteiger partial charge on any atom is -0.376 e. The van der Waals surface area contributed by atoms with Gasteiger partial charge in [0.25, 0.3) is 11.5 Å². The third-order valence-corrected chi connectivity index (χ3v) is 4.75. The number of fused-ring (bicyclic) bond motifs is 1. The molecule has 1 aliphatic heterocycles. The molecule has 0 unspecified atom stereocenters. The van der Waals surface area contributed by atoms with Gasteiger partial charge in [-0.15, -0.1) is 0 Å². The van der Waals surface area contributed by atoms with Gasteiger partial charge in [-0.2, -0.15) is 5.10 Å². The summed E-state index contributed by atoms with van der Waals surface area (Å²) in [6.45, 7) is 3.13. The van der Waals surface area contributed by atoms with E-state index in [1.807, 2.05) is 31.2 Å². The summed E-state index contributed by atoms with van der Waals surface area (Å²) < 4.78 is 8.41. The standard InChI is InChI=1S/C19H21N5O3/c1-12-5-7-13(8-6-12)24-17-15(21-11-23(2)19(17)26)16(22-24)18(25)20-10-14-4-3-9-27-14/h5-8,11,14H,3-4,9-10H2,1-2H3,(H,20,25)/t14-/m1/s1. The smallest absolute Gasteiger partial charge is 0.279 e. The van der Waals surface area contributed by atoms with Crippen molar-refractivity contribution in [1.29, 1.82) is 0 Å². The fourth-order valence-electron chi connectivity index (χ4n) is 3.21. The van der Waals surface area contributed by atoms with E-state index < -0.39 is 0 Å². The molecule has 0 aliphatic carbocycles. The van der Waals surface area contributed by atoms with Gasteiger partial charge < -0.3 is 14.6 Å². The Labute approximate surface area is 155 Å². The molecular formula is C19H21N5O3. The highest BCUT2D eigenvalue weighted by Crippen LogP contribution is 2.18. The van der Waals surface area contributed by atoms with E-state index in [-0.39, 0.29) is 28.8 Å². The van der Waals surface area contributed by atoms with Crippen LogP contribution in [0.3, 0.4) is 0 Å². The van der Waals surface area contributed by atoms with Crippen molar-refractivity contribution in [2.45, 2.75) is 25.9 Å². The van der Waals surface area contributed by atoms with Gasteiger partial charge in [-0.25, -0.2) is 9.67 Å². The second-order valence-corrected chi connectivity index (χ2v) is 6.80. The monoisotopic (exact) mass is 367 g/mol. The summed E-state index contributed by atoms with van der Waals surface area (Å²) in [7, 11) is 1.62. The number of carbonyl (C=O) groups excluding carboxylic acids is 1. The topological polar surface area (TPSA) is 91.0 Å². The molecule has 0 spiro atoms. The number of hydrogen-bond donors (Lipinski definition) is 1. The van der Waals surface area contributed by atoms with E-state index in [4.69, 9.17) is 4.74 Å². The molecule has 0 bridgehead atoms. The van der Waals surface area contributed by atoms with E-state index in [1.54, 1.807) is 7.05 Å². The number of nitrogens with one attached hydrogen (secondary N) is 1. The van der Waals surface area contributed by atoms with Gasteiger partial charge in [-0.1, -0.05) is 17.7 Å². The number of aryl methyl sites for hydroxylation is 2. The molecule has 1 fully saturated rings. The first-order chi connectivity index (χ1) is 13.0. The maximum atomic E-state index is 12.7. The number of hydrogen-bond acceptors (Lipinski definition) is 5. The summed E-state index contributed by atoms with van der Waals surface area (Å²) in [5.74, 6) is -0.359. The van der Waals surface area contributed by atoms with Crippen LogP contribution in [0.1, 0.15) is 28.9 Å². The second-order valence-electron chi connectivity index (χ2n) is 6.80. The van der Waals surface area contributed by atoms with Crippen LogP contribution >= 0.6 is 0 Å². The van der Waals surface area contributed by atoms with Crippen LogP contribution in [0.5, 0.6) is 0 Å². The minimum atomic E-state index is -0.359. The van der Waals surface area contributed by atoms with Crippen LogP contribution < -0.4 is 10.9 Å². The number of carbonyl (C=O) groups is 1. The fourth-order valence-corrected chi connectivity index (χ4v) is 3.21. The van der Waals surface area contributed by atoms with Crippen molar-refractivity contribution in [2.24, 2.45) is 7.05 Å². The van der Waals surface area contributed by atoms with Gasteiger partial charge in [0.1, 0.15) is 5.52 Å². The molecule has 1 N–H and O–H groups in total. The molecule has 8 heteroatoms. The van der Waals surface area contributed by atoms with Crippen LogP contribution in [0.15, 0.2) is 35.4 Å². The summed E-state index contributed by atoms with van der Waals surface area (Å²) in [5.41, 5.74) is 2.26. The molecule has 140 valence electrons. The van der Waals surface area contributed by atoms with Gasteiger partial charge in [0.05, 0.1) is 18.1 Å². The van der Waals surface area contributed by atoms with Gasteiger partial charge >= 0.3 is 0 Å². The lowest BCUT2D eigenvalue weighted by Crippen LogP contribution is -2.32.